The molecular formula is C8H3Br2N5S3. The van der Waals surface area contributed by atoms with Gasteiger partial charge in [0, 0.05) is 0 Å². The molecule has 3 aromatic rings. The Hall–Kier alpha value is -0.290. The van der Waals surface area contributed by atoms with Gasteiger partial charge in [-0.05, 0) is 71.6 Å². The van der Waals surface area contributed by atoms with Crippen molar-refractivity contribution in [2.24, 2.45) is 0 Å². The highest BCUT2D eigenvalue weighted by atomic mass is 79.9. The lowest BCUT2D eigenvalue weighted by atomic mass is 10.6. The summed E-state index contributed by atoms with van der Waals surface area (Å²) in [6.07, 6.45) is 0. The standard InChI is InChI=1S/C8H3Br2N5S3/c9-5-6(10)17-8(11-5)18-7-12-13-14-15(7)4-2-1-3-16-4/h1-3H. The summed E-state index contributed by atoms with van der Waals surface area (Å²) in [5, 5.41) is 15.4. The average molecular weight is 425 g/mol. The van der Waals surface area contributed by atoms with Crippen molar-refractivity contribution in [2.45, 2.75) is 9.50 Å². The molecule has 0 saturated heterocycles. The van der Waals surface area contributed by atoms with Crippen LogP contribution in [0.1, 0.15) is 0 Å². The summed E-state index contributed by atoms with van der Waals surface area (Å²) < 4.78 is 4.34. The van der Waals surface area contributed by atoms with E-state index in [1.54, 1.807) is 16.0 Å². The summed E-state index contributed by atoms with van der Waals surface area (Å²) in [5.74, 6) is 0. The maximum Gasteiger partial charge on any atom is 0.221 e. The zero-order chi connectivity index (χ0) is 12.5. The molecule has 0 aliphatic rings. The van der Waals surface area contributed by atoms with Crippen LogP contribution in [0.15, 0.2) is 35.4 Å². The summed E-state index contributed by atoms with van der Waals surface area (Å²) in [4.78, 5) is 4.35. The number of nitrogens with zero attached hydrogens (tertiary/aromatic N) is 5. The molecule has 0 saturated carbocycles. The van der Waals surface area contributed by atoms with Crippen LogP contribution < -0.4 is 0 Å². The molecule has 5 nitrogen and oxygen atoms in total. The van der Waals surface area contributed by atoms with E-state index in [0.717, 1.165) is 17.7 Å². The van der Waals surface area contributed by atoms with Crippen LogP contribution in [0.25, 0.3) is 5.00 Å². The lowest BCUT2D eigenvalue weighted by Crippen LogP contribution is -1.95. The van der Waals surface area contributed by atoms with Crippen molar-refractivity contribution in [3.8, 4) is 5.00 Å². The predicted molar refractivity (Wildman–Crippen MR) is 78.7 cm³/mol. The largest absolute Gasteiger partial charge is 0.221 e. The van der Waals surface area contributed by atoms with Gasteiger partial charge in [0.1, 0.15) is 13.4 Å². The second-order valence-electron chi connectivity index (χ2n) is 2.97. The molecule has 0 aliphatic heterocycles. The number of aromatic nitrogens is 5. The Morgan fingerprint density at radius 3 is 2.89 bits per heavy atom. The molecule has 10 heteroatoms. The van der Waals surface area contributed by atoms with Crippen LogP contribution in [-0.2, 0) is 0 Å². The molecule has 0 radical (unpaired) electrons. The Balaban J connectivity index is 1.92. The van der Waals surface area contributed by atoms with Gasteiger partial charge < -0.3 is 0 Å². The monoisotopic (exact) mass is 423 g/mol. The van der Waals surface area contributed by atoms with E-state index < -0.39 is 0 Å². The summed E-state index contributed by atoms with van der Waals surface area (Å²) in [5.41, 5.74) is 0. The van der Waals surface area contributed by atoms with Gasteiger partial charge in [0.25, 0.3) is 0 Å². The van der Waals surface area contributed by atoms with Gasteiger partial charge in [0.15, 0.2) is 4.34 Å². The molecular weight excluding hydrogens is 422 g/mol. The first-order valence-corrected chi connectivity index (χ1v) is 8.66. The van der Waals surface area contributed by atoms with Crippen molar-refractivity contribution in [3.63, 3.8) is 0 Å². The van der Waals surface area contributed by atoms with Crippen molar-refractivity contribution >= 4 is 66.3 Å². The SMILES string of the molecule is Brc1nc(Sc2nnnn2-c2cccs2)sc1Br. The minimum atomic E-state index is 0.700. The van der Waals surface area contributed by atoms with Crippen molar-refractivity contribution in [3.05, 3.63) is 25.9 Å². The van der Waals surface area contributed by atoms with Crippen LogP contribution in [0.3, 0.4) is 0 Å². The van der Waals surface area contributed by atoms with Crippen LogP contribution >= 0.6 is 66.3 Å². The van der Waals surface area contributed by atoms with Crippen LogP contribution in [0.5, 0.6) is 0 Å². The Labute approximate surface area is 131 Å². The van der Waals surface area contributed by atoms with Gasteiger partial charge in [-0.3, -0.25) is 0 Å². The fourth-order valence-electron chi connectivity index (χ4n) is 1.16. The molecule has 0 atom stereocenters. The topological polar surface area (TPSA) is 56.5 Å². The minimum Gasteiger partial charge on any atom is -0.221 e. The second-order valence-corrected chi connectivity index (χ2v) is 8.18. The lowest BCUT2D eigenvalue weighted by molar-refractivity contribution is 0.768. The van der Waals surface area contributed by atoms with Crippen molar-refractivity contribution in [2.75, 3.05) is 0 Å². The third kappa shape index (κ3) is 2.52. The van der Waals surface area contributed by atoms with E-state index in [-0.39, 0.29) is 0 Å². The molecule has 0 aliphatic carbocycles. The maximum atomic E-state index is 4.35. The quantitative estimate of drug-likeness (QED) is 0.638. The van der Waals surface area contributed by atoms with Gasteiger partial charge in [0.2, 0.25) is 5.16 Å². The zero-order valence-electron chi connectivity index (χ0n) is 8.45. The van der Waals surface area contributed by atoms with E-state index in [9.17, 15) is 0 Å². The fourth-order valence-corrected chi connectivity index (χ4v) is 5.07. The van der Waals surface area contributed by atoms with Gasteiger partial charge >= 0.3 is 0 Å². The molecule has 0 aromatic carbocycles. The van der Waals surface area contributed by atoms with E-state index in [4.69, 9.17) is 0 Å². The molecule has 3 aromatic heterocycles. The summed E-state index contributed by atoms with van der Waals surface area (Å²) in [7, 11) is 0. The molecule has 0 unspecified atom stereocenters. The molecule has 3 heterocycles. The van der Waals surface area contributed by atoms with Gasteiger partial charge in [-0.25, -0.2) is 4.98 Å². The number of tetrazole rings is 1. The maximum absolute atomic E-state index is 4.35. The van der Waals surface area contributed by atoms with E-state index >= 15 is 0 Å². The highest BCUT2D eigenvalue weighted by molar-refractivity contribution is 9.13. The summed E-state index contributed by atoms with van der Waals surface area (Å²) >= 11 is 11.3. The first kappa shape index (κ1) is 12.7. The Morgan fingerprint density at radius 1 is 1.33 bits per heavy atom. The molecule has 0 fully saturated rings. The second kappa shape index (κ2) is 5.37. The Morgan fingerprint density at radius 2 is 2.22 bits per heavy atom. The zero-order valence-corrected chi connectivity index (χ0v) is 14.1. The highest BCUT2D eigenvalue weighted by Gasteiger charge is 2.14. The Kier molecular flexibility index (Phi) is 3.80. The third-order valence-electron chi connectivity index (χ3n) is 1.86. The first-order chi connectivity index (χ1) is 8.74. The molecule has 3 rings (SSSR count). The van der Waals surface area contributed by atoms with Crippen LogP contribution in [0.4, 0.5) is 0 Å². The first-order valence-electron chi connectivity index (χ1n) is 4.56. The minimum absolute atomic E-state index is 0.700. The number of hydrogen-bond donors (Lipinski definition) is 0. The molecule has 18 heavy (non-hydrogen) atoms. The number of halogens is 2. The fraction of sp³-hybridized carbons (Fsp3) is 0. The van der Waals surface area contributed by atoms with Gasteiger partial charge in [-0.2, -0.15) is 4.68 Å². The van der Waals surface area contributed by atoms with Crippen molar-refractivity contribution < 1.29 is 0 Å². The predicted octanol–water partition coefficient (Wildman–Crippen LogP) is 3.86. The van der Waals surface area contributed by atoms with E-state index in [2.05, 4.69) is 52.4 Å². The molecule has 92 valence electrons. The van der Waals surface area contributed by atoms with Gasteiger partial charge in [-0.1, -0.05) is 11.3 Å². The third-order valence-corrected chi connectivity index (χ3v) is 6.78. The number of hydrogen-bond acceptors (Lipinski definition) is 7. The smallest absolute Gasteiger partial charge is 0.221 e. The molecule has 0 N–H and O–H groups in total. The number of thiophene rings is 1. The van der Waals surface area contributed by atoms with E-state index in [1.807, 2.05) is 17.5 Å². The van der Waals surface area contributed by atoms with Crippen LogP contribution in [-0.4, -0.2) is 25.2 Å². The van der Waals surface area contributed by atoms with Crippen LogP contribution in [0, 0.1) is 0 Å². The van der Waals surface area contributed by atoms with E-state index in [1.165, 1.54) is 23.1 Å². The number of thiazole rings is 1. The average Bonchev–Trinajstić information content (AvgIpc) is 3.01. The van der Waals surface area contributed by atoms with Crippen LogP contribution in [0.2, 0.25) is 0 Å². The Bertz CT molecular complexity index is 643. The molecule has 0 bridgehead atoms. The van der Waals surface area contributed by atoms with Gasteiger partial charge in [-0.15, -0.1) is 16.4 Å². The number of rotatable bonds is 3. The molecule has 0 spiro atoms. The van der Waals surface area contributed by atoms with Gasteiger partial charge in [0.05, 0.1) is 0 Å². The summed E-state index contributed by atoms with van der Waals surface area (Å²) in [6.45, 7) is 0. The van der Waals surface area contributed by atoms with Crippen molar-refractivity contribution in [1.29, 1.82) is 0 Å². The van der Waals surface area contributed by atoms with E-state index in [0.29, 0.717) is 5.16 Å². The normalized spacial score (nSPS) is 11.0. The lowest BCUT2D eigenvalue weighted by Gasteiger charge is -1.97. The molecule has 0 amide bonds. The van der Waals surface area contributed by atoms with Crippen molar-refractivity contribution in [1.82, 2.24) is 25.2 Å². The highest BCUT2D eigenvalue weighted by Crippen LogP contribution is 2.37. The summed E-state index contributed by atoms with van der Waals surface area (Å²) in [6, 6.07) is 3.94.